The third-order valence-corrected chi connectivity index (χ3v) is 2.58. The summed E-state index contributed by atoms with van der Waals surface area (Å²) in [6.07, 6.45) is 0. The van der Waals surface area contributed by atoms with Gasteiger partial charge in [0.1, 0.15) is 11.6 Å². The number of likely N-dealkylation sites (N-methyl/N-ethyl adjacent to an activating group) is 1. The number of nitrogens with zero attached hydrogens (tertiary/aromatic N) is 2. The number of anilines is 1. The molecule has 0 saturated carbocycles. The second kappa shape index (κ2) is 5.12. The van der Waals surface area contributed by atoms with Crippen LogP contribution in [0.1, 0.15) is 32.5 Å². The average Bonchev–Trinajstić information content (AvgIpc) is 2.26. The molecular formula is C11H19N3O2. The molecule has 0 spiro atoms. The lowest BCUT2D eigenvalue weighted by Gasteiger charge is -2.24. The van der Waals surface area contributed by atoms with Gasteiger partial charge in [0, 0.05) is 19.0 Å². The smallest absolute Gasteiger partial charge is 0.252 e. The average molecular weight is 225 g/mol. The van der Waals surface area contributed by atoms with Gasteiger partial charge in [0.2, 0.25) is 0 Å². The molecule has 0 aliphatic carbocycles. The third kappa shape index (κ3) is 2.82. The van der Waals surface area contributed by atoms with Gasteiger partial charge in [-0.2, -0.15) is 0 Å². The molecule has 1 atom stereocenters. The molecule has 5 heteroatoms. The SMILES string of the molecule is CC(C)c1nc(N(C)C(C)CO)cc(=O)[nH]1. The molecule has 1 aromatic rings. The number of rotatable bonds is 4. The van der Waals surface area contributed by atoms with Crippen molar-refractivity contribution in [3.63, 3.8) is 0 Å². The summed E-state index contributed by atoms with van der Waals surface area (Å²) in [4.78, 5) is 20.3. The number of aromatic nitrogens is 2. The van der Waals surface area contributed by atoms with Crippen LogP contribution in [0.2, 0.25) is 0 Å². The number of hydrogen-bond acceptors (Lipinski definition) is 4. The summed E-state index contributed by atoms with van der Waals surface area (Å²) >= 11 is 0. The van der Waals surface area contributed by atoms with Gasteiger partial charge in [-0.1, -0.05) is 13.8 Å². The molecule has 1 unspecified atom stereocenters. The van der Waals surface area contributed by atoms with E-state index in [4.69, 9.17) is 5.11 Å². The van der Waals surface area contributed by atoms with Gasteiger partial charge in [-0.3, -0.25) is 4.79 Å². The Kier molecular flexibility index (Phi) is 4.06. The Hall–Kier alpha value is -1.36. The van der Waals surface area contributed by atoms with Gasteiger partial charge < -0.3 is 15.0 Å². The Morgan fingerprint density at radius 1 is 1.50 bits per heavy atom. The van der Waals surface area contributed by atoms with Gasteiger partial charge in [0.15, 0.2) is 0 Å². The molecule has 0 amide bonds. The van der Waals surface area contributed by atoms with Crippen LogP contribution in [-0.4, -0.2) is 34.8 Å². The lowest BCUT2D eigenvalue weighted by Crippen LogP contribution is -2.33. The van der Waals surface area contributed by atoms with E-state index in [0.29, 0.717) is 11.6 Å². The van der Waals surface area contributed by atoms with Crippen molar-refractivity contribution in [3.8, 4) is 0 Å². The molecule has 0 aliphatic rings. The monoisotopic (exact) mass is 225 g/mol. The molecule has 90 valence electrons. The Balaban J connectivity index is 3.09. The molecule has 2 N–H and O–H groups in total. The maximum absolute atomic E-state index is 11.4. The highest BCUT2D eigenvalue weighted by molar-refractivity contribution is 5.37. The number of H-pyrrole nitrogens is 1. The first-order chi connectivity index (χ1) is 7.45. The molecule has 5 nitrogen and oxygen atoms in total. The van der Waals surface area contributed by atoms with Gasteiger partial charge in [0.05, 0.1) is 12.6 Å². The van der Waals surface area contributed by atoms with Gasteiger partial charge in [-0.25, -0.2) is 4.98 Å². The number of hydrogen-bond donors (Lipinski definition) is 2. The van der Waals surface area contributed by atoms with Crippen LogP contribution < -0.4 is 10.5 Å². The molecule has 16 heavy (non-hydrogen) atoms. The molecule has 1 heterocycles. The van der Waals surface area contributed by atoms with Crippen molar-refractivity contribution in [2.45, 2.75) is 32.7 Å². The van der Waals surface area contributed by atoms with Crippen LogP contribution in [0.5, 0.6) is 0 Å². The molecule has 0 aromatic carbocycles. The van der Waals surface area contributed by atoms with Crippen molar-refractivity contribution in [1.82, 2.24) is 9.97 Å². The Bertz CT molecular complexity index is 400. The van der Waals surface area contributed by atoms with Gasteiger partial charge in [-0.15, -0.1) is 0 Å². The highest BCUT2D eigenvalue weighted by atomic mass is 16.3. The Morgan fingerprint density at radius 3 is 2.62 bits per heavy atom. The van der Waals surface area contributed by atoms with Crippen LogP contribution >= 0.6 is 0 Å². The van der Waals surface area contributed by atoms with E-state index in [1.54, 1.807) is 4.90 Å². The van der Waals surface area contributed by atoms with Crippen LogP contribution in [0.4, 0.5) is 5.82 Å². The van der Waals surface area contributed by atoms with Gasteiger partial charge >= 0.3 is 0 Å². The normalized spacial score (nSPS) is 12.9. The van der Waals surface area contributed by atoms with Crippen LogP contribution in [0.3, 0.4) is 0 Å². The lowest BCUT2D eigenvalue weighted by molar-refractivity contribution is 0.269. The molecule has 0 saturated heterocycles. The molecule has 1 rings (SSSR count). The second-order valence-corrected chi connectivity index (χ2v) is 4.29. The highest BCUT2D eigenvalue weighted by Crippen LogP contribution is 2.13. The summed E-state index contributed by atoms with van der Waals surface area (Å²) in [7, 11) is 1.81. The van der Waals surface area contributed by atoms with E-state index in [0.717, 1.165) is 0 Å². The van der Waals surface area contributed by atoms with E-state index in [9.17, 15) is 4.79 Å². The quantitative estimate of drug-likeness (QED) is 0.792. The van der Waals surface area contributed by atoms with E-state index in [1.807, 2.05) is 27.8 Å². The van der Waals surface area contributed by atoms with Crippen molar-refractivity contribution in [2.24, 2.45) is 0 Å². The van der Waals surface area contributed by atoms with Crippen LogP contribution in [-0.2, 0) is 0 Å². The number of aliphatic hydroxyl groups excluding tert-OH is 1. The van der Waals surface area contributed by atoms with Crippen molar-refractivity contribution in [2.75, 3.05) is 18.6 Å². The fourth-order valence-electron chi connectivity index (χ4n) is 1.27. The van der Waals surface area contributed by atoms with Crippen molar-refractivity contribution in [1.29, 1.82) is 0 Å². The maximum atomic E-state index is 11.4. The highest BCUT2D eigenvalue weighted by Gasteiger charge is 2.12. The topological polar surface area (TPSA) is 69.2 Å². The molecule has 0 fully saturated rings. The maximum Gasteiger partial charge on any atom is 0.252 e. The summed E-state index contributed by atoms with van der Waals surface area (Å²) < 4.78 is 0. The van der Waals surface area contributed by atoms with Crippen LogP contribution in [0.15, 0.2) is 10.9 Å². The van der Waals surface area contributed by atoms with Crippen molar-refractivity contribution in [3.05, 3.63) is 22.2 Å². The standard InChI is InChI=1S/C11H19N3O2/c1-7(2)11-12-9(5-10(16)13-11)14(4)8(3)6-15/h5,7-8,15H,6H2,1-4H3,(H,12,13,16). The van der Waals surface area contributed by atoms with Crippen molar-refractivity contribution < 1.29 is 5.11 Å². The minimum Gasteiger partial charge on any atom is -0.394 e. The molecule has 0 aliphatic heterocycles. The van der Waals surface area contributed by atoms with E-state index in [2.05, 4.69) is 9.97 Å². The fourth-order valence-corrected chi connectivity index (χ4v) is 1.27. The second-order valence-electron chi connectivity index (χ2n) is 4.29. The van der Waals surface area contributed by atoms with Crippen molar-refractivity contribution >= 4 is 5.82 Å². The minimum atomic E-state index is -0.161. The summed E-state index contributed by atoms with van der Waals surface area (Å²) in [5.74, 6) is 1.43. The number of aliphatic hydroxyl groups is 1. The number of aromatic amines is 1. The predicted molar refractivity (Wildman–Crippen MR) is 63.9 cm³/mol. The summed E-state index contributed by atoms with van der Waals surface area (Å²) in [5.41, 5.74) is -0.161. The zero-order chi connectivity index (χ0) is 12.3. The first kappa shape index (κ1) is 12.7. The van der Waals surface area contributed by atoms with Gasteiger partial charge in [-0.05, 0) is 6.92 Å². The fraction of sp³-hybridized carbons (Fsp3) is 0.636. The molecule has 0 bridgehead atoms. The van der Waals surface area contributed by atoms with Gasteiger partial charge in [0.25, 0.3) is 5.56 Å². The Morgan fingerprint density at radius 2 is 2.12 bits per heavy atom. The van der Waals surface area contributed by atoms with E-state index < -0.39 is 0 Å². The van der Waals surface area contributed by atoms with Crippen LogP contribution in [0, 0.1) is 0 Å². The summed E-state index contributed by atoms with van der Waals surface area (Å²) in [6.45, 7) is 5.84. The molecular weight excluding hydrogens is 206 g/mol. The first-order valence-corrected chi connectivity index (χ1v) is 5.40. The number of nitrogens with one attached hydrogen (secondary N) is 1. The predicted octanol–water partition coefficient (Wildman–Crippen LogP) is 0.710. The van der Waals surface area contributed by atoms with E-state index >= 15 is 0 Å². The minimum absolute atomic E-state index is 0.0298. The molecule has 1 aromatic heterocycles. The largest absolute Gasteiger partial charge is 0.394 e. The zero-order valence-corrected chi connectivity index (χ0v) is 10.2. The first-order valence-electron chi connectivity index (χ1n) is 5.40. The lowest BCUT2D eigenvalue weighted by atomic mass is 10.2. The Labute approximate surface area is 95.1 Å². The van der Waals surface area contributed by atoms with E-state index in [-0.39, 0.29) is 24.1 Å². The third-order valence-electron chi connectivity index (χ3n) is 2.58. The summed E-state index contributed by atoms with van der Waals surface area (Å²) in [6, 6.07) is 1.38. The summed E-state index contributed by atoms with van der Waals surface area (Å²) in [5, 5.41) is 9.06. The van der Waals surface area contributed by atoms with E-state index in [1.165, 1.54) is 6.07 Å². The zero-order valence-electron chi connectivity index (χ0n) is 10.2. The van der Waals surface area contributed by atoms with Crippen LogP contribution in [0.25, 0.3) is 0 Å². The molecule has 0 radical (unpaired) electrons.